The van der Waals surface area contributed by atoms with Crippen LogP contribution in [0.5, 0.6) is 17.2 Å². The largest absolute Gasteiger partial charge is 0.481 e. The van der Waals surface area contributed by atoms with Gasteiger partial charge in [0.25, 0.3) is 5.91 Å². The maximum Gasteiger partial charge on any atom is 0.263 e. The van der Waals surface area contributed by atoms with E-state index in [9.17, 15) is 4.79 Å². The zero-order valence-corrected chi connectivity index (χ0v) is 17.1. The normalized spacial score (nSPS) is 16.3. The molecule has 1 saturated heterocycles. The van der Waals surface area contributed by atoms with Gasteiger partial charge in [-0.15, -0.1) is 10.2 Å². The third-order valence-corrected chi connectivity index (χ3v) is 5.34. The highest BCUT2D eigenvalue weighted by atomic mass is 16.7. The van der Waals surface area contributed by atoms with Crippen LogP contribution in [0.4, 0.5) is 5.82 Å². The number of carbonyl (C=O) groups excluding carboxylic acids is 1. The number of amides is 1. The van der Waals surface area contributed by atoms with Gasteiger partial charge in [0.05, 0.1) is 6.26 Å². The van der Waals surface area contributed by atoms with E-state index in [0.717, 1.165) is 5.82 Å². The van der Waals surface area contributed by atoms with Gasteiger partial charge in [0.15, 0.2) is 29.2 Å². The van der Waals surface area contributed by atoms with E-state index in [1.54, 1.807) is 31.4 Å². The van der Waals surface area contributed by atoms with Crippen molar-refractivity contribution in [3.05, 3.63) is 48.7 Å². The second kappa shape index (κ2) is 8.17. The second-order valence-electron chi connectivity index (χ2n) is 7.34. The Labute approximate surface area is 179 Å². The molecule has 31 heavy (non-hydrogen) atoms. The summed E-state index contributed by atoms with van der Waals surface area (Å²) in [6.07, 6.45) is 1.01. The van der Waals surface area contributed by atoms with Crippen LogP contribution in [0.3, 0.4) is 0 Å². The second-order valence-corrected chi connectivity index (χ2v) is 7.34. The summed E-state index contributed by atoms with van der Waals surface area (Å²) >= 11 is 0. The molecule has 1 aromatic carbocycles. The van der Waals surface area contributed by atoms with Crippen LogP contribution in [-0.2, 0) is 4.79 Å². The molecule has 160 valence electrons. The predicted octanol–water partition coefficient (Wildman–Crippen LogP) is 2.58. The van der Waals surface area contributed by atoms with Crippen LogP contribution in [0.2, 0.25) is 0 Å². The van der Waals surface area contributed by atoms with Gasteiger partial charge in [-0.05, 0) is 43.3 Å². The molecule has 0 aliphatic carbocycles. The molecule has 5 rings (SSSR count). The van der Waals surface area contributed by atoms with Crippen molar-refractivity contribution >= 4 is 11.7 Å². The molecule has 0 saturated carbocycles. The van der Waals surface area contributed by atoms with E-state index in [4.69, 9.17) is 18.6 Å². The number of hydrogen-bond donors (Lipinski definition) is 0. The predicted molar refractivity (Wildman–Crippen MR) is 111 cm³/mol. The van der Waals surface area contributed by atoms with Crippen molar-refractivity contribution < 1.29 is 23.4 Å². The Morgan fingerprint density at radius 2 is 1.87 bits per heavy atom. The van der Waals surface area contributed by atoms with E-state index in [1.807, 2.05) is 29.2 Å². The average molecular weight is 422 g/mol. The molecule has 9 heteroatoms. The molecule has 1 amide bonds. The van der Waals surface area contributed by atoms with Crippen LogP contribution < -0.4 is 19.1 Å². The van der Waals surface area contributed by atoms with Crippen LogP contribution in [0.1, 0.15) is 6.92 Å². The molecule has 1 fully saturated rings. The Bertz CT molecular complexity index is 1050. The molecule has 3 aromatic rings. The molecule has 2 aromatic heterocycles. The zero-order valence-electron chi connectivity index (χ0n) is 17.1. The van der Waals surface area contributed by atoms with Gasteiger partial charge in [-0.3, -0.25) is 4.79 Å². The maximum absolute atomic E-state index is 12.8. The van der Waals surface area contributed by atoms with Gasteiger partial charge < -0.3 is 28.4 Å². The minimum atomic E-state index is -0.598. The summed E-state index contributed by atoms with van der Waals surface area (Å²) in [7, 11) is 0. The molecule has 4 heterocycles. The molecule has 0 N–H and O–H groups in total. The Morgan fingerprint density at radius 3 is 2.61 bits per heavy atom. The smallest absolute Gasteiger partial charge is 0.263 e. The number of fused-ring (bicyclic) bond motifs is 1. The first-order valence-corrected chi connectivity index (χ1v) is 10.1. The molecule has 0 spiro atoms. The van der Waals surface area contributed by atoms with E-state index < -0.39 is 6.10 Å². The van der Waals surface area contributed by atoms with Gasteiger partial charge in [-0.2, -0.15) is 0 Å². The number of nitrogens with zero attached hydrogens (tertiary/aromatic N) is 4. The molecule has 1 atom stereocenters. The maximum atomic E-state index is 12.8. The van der Waals surface area contributed by atoms with E-state index >= 15 is 0 Å². The Kier molecular flexibility index (Phi) is 5.07. The van der Waals surface area contributed by atoms with Crippen molar-refractivity contribution in [2.75, 3.05) is 37.9 Å². The Hall–Kier alpha value is -3.75. The average Bonchev–Trinajstić information content (AvgIpc) is 3.51. The van der Waals surface area contributed by atoms with Crippen LogP contribution in [0.15, 0.2) is 53.1 Å². The molecule has 1 unspecified atom stereocenters. The van der Waals surface area contributed by atoms with Crippen molar-refractivity contribution in [2.24, 2.45) is 0 Å². The van der Waals surface area contributed by atoms with Crippen molar-refractivity contribution in [1.82, 2.24) is 15.1 Å². The third-order valence-electron chi connectivity index (χ3n) is 5.34. The number of anilines is 1. The van der Waals surface area contributed by atoms with Crippen molar-refractivity contribution in [3.63, 3.8) is 0 Å². The molecule has 0 bridgehead atoms. The van der Waals surface area contributed by atoms with Gasteiger partial charge in [0, 0.05) is 32.2 Å². The first-order valence-electron chi connectivity index (χ1n) is 10.1. The zero-order chi connectivity index (χ0) is 21.2. The monoisotopic (exact) mass is 422 g/mol. The van der Waals surface area contributed by atoms with Gasteiger partial charge in [0.1, 0.15) is 11.4 Å². The highest BCUT2D eigenvalue weighted by Gasteiger charge is 2.27. The summed E-state index contributed by atoms with van der Waals surface area (Å²) in [6.45, 7) is 4.50. The molecule has 9 nitrogen and oxygen atoms in total. The molecular weight excluding hydrogens is 400 g/mol. The highest BCUT2D eigenvalue weighted by Crippen LogP contribution is 2.35. The lowest BCUT2D eigenvalue weighted by molar-refractivity contribution is -0.138. The Morgan fingerprint density at radius 1 is 1.03 bits per heavy atom. The lowest BCUT2D eigenvalue weighted by Gasteiger charge is -2.36. The fourth-order valence-electron chi connectivity index (χ4n) is 3.67. The van der Waals surface area contributed by atoms with Crippen LogP contribution >= 0.6 is 0 Å². The van der Waals surface area contributed by atoms with Crippen molar-refractivity contribution in [1.29, 1.82) is 0 Å². The highest BCUT2D eigenvalue weighted by molar-refractivity contribution is 5.81. The van der Waals surface area contributed by atoms with Gasteiger partial charge in [0.2, 0.25) is 6.79 Å². The standard InChI is InChI=1S/C22H22N4O5/c1-15(31-16-4-6-19-20(13-16)30-14-29-19)22(27)26-10-8-25(9-11-26)21-7-5-17(23-24-21)18-3-2-12-28-18/h2-7,12-13,15H,8-11,14H2,1H3. The van der Waals surface area contributed by atoms with Gasteiger partial charge >= 0.3 is 0 Å². The van der Waals surface area contributed by atoms with Gasteiger partial charge in [-0.1, -0.05) is 0 Å². The summed E-state index contributed by atoms with van der Waals surface area (Å²) in [5.74, 6) is 3.32. The molecule has 2 aliphatic heterocycles. The van der Waals surface area contributed by atoms with Crippen molar-refractivity contribution in [3.8, 4) is 28.7 Å². The minimum Gasteiger partial charge on any atom is -0.481 e. The first-order chi connectivity index (χ1) is 15.2. The Balaban J connectivity index is 1.16. The van der Waals surface area contributed by atoms with Gasteiger partial charge in [-0.25, -0.2) is 0 Å². The number of ether oxygens (including phenoxy) is 3. The number of piperazine rings is 1. The lowest BCUT2D eigenvalue weighted by atomic mass is 10.2. The van der Waals surface area contributed by atoms with E-state index in [2.05, 4.69) is 15.1 Å². The van der Waals surface area contributed by atoms with Crippen molar-refractivity contribution in [2.45, 2.75) is 13.0 Å². The first kappa shape index (κ1) is 19.2. The minimum absolute atomic E-state index is 0.0448. The summed E-state index contributed by atoms with van der Waals surface area (Å²) in [4.78, 5) is 16.8. The molecule has 2 aliphatic rings. The number of benzene rings is 1. The van der Waals surface area contributed by atoms with Crippen LogP contribution in [-0.4, -0.2) is 60.1 Å². The number of furan rings is 1. The number of rotatable bonds is 5. The summed E-state index contributed by atoms with van der Waals surface area (Å²) in [5, 5.41) is 8.56. The fourth-order valence-corrected chi connectivity index (χ4v) is 3.67. The number of aromatic nitrogens is 2. The fraction of sp³-hybridized carbons (Fsp3) is 0.318. The van der Waals surface area contributed by atoms with E-state index in [-0.39, 0.29) is 12.7 Å². The summed E-state index contributed by atoms with van der Waals surface area (Å²) in [5.41, 5.74) is 0.692. The van der Waals surface area contributed by atoms with E-state index in [1.165, 1.54) is 0 Å². The number of carbonyl (C=O) groups is 1. The lowest BCUT2D eigenvalue weighted by Crippen LogP contribution is -2.52. The molecule has 0 radical (unpaired) electrons. The van der Waals surface area contributed by atoms with Crippen LogP contribution in [0, 0.1) is 0 Å². The van der Waals surface area contributed by atoms with Crippen LogP contribution in [0.25, 0.3) is 11.5 Å². The van der Waals surface area contributed by atoms with E-state index in [0.29, 0.717) is 54.9 Å². The SMILES string of the molecule is CC(Oc1ccc2c(c1)OCO2)C(=O)N1CCN(c2ccc(-c3ccco3)nn2)CC1. The number of hydrogen-bond acceptors (Lipinski definition) is 8. The topological polar surface area (TPSA) is 90.2 Å². The quantitative estimate of drug-likeness (QED) is 0.620. The third kappa shape index (κ3) is 3.98. The summed E-state index contributed by atoms with van der Waals surface area (Å²) < 4.78 is 21.9. The summed E-state index contributed by atoms with van der Waals surface area (Å²) in [6, 6.07) is 12.8. The molecular formula is C22H22N4O5.